The molecule has 0 spiro atoms. The summed E-state index contributed by atoms with van der Waals surface area (Å²) in [5, 5.41) is 0. The number of sulfonamides is 1. The monoisotopic (exact) mass is 488 g/mol. The molecule has 6 rings (SSSR count). The Bertz CT molecular complexity index is 1510. The normalized spacial score (nSPS) is 30.4. The standard InChI is InChI=1S/C23H28N4O6S/c1-14-7-9-15(10-8-14)34(31,32)25-11-16-17(12-25)23(4)21(2,18(28)33-6)13-22(16,3)26-19(29)24(5)20(30)27(23)26/h7-10H,11-13H2,1-6H3/t21-,22-,23+/m1/s1. The highest BCUT2D eigenvalue weighted by Crippen LogP contribution is 2.62. The van der Waals surface area contributed by atoms with Crippen LogP contribution in [0.1, 0.15) is 32.8 Å². The topological polar surface area (TPSA) is 113 Å². The van der Waals surface area contributed by atoms with E-state index in [2.05, 4.69) is 0 Å². The maximum atomic E-state index is 13.5. The lowest BCUT2D eigenvalue weighted by Crippen LogP contribution is -2.70. The third-order valence-electron chi connectivity index (χ3n) is 8.37. The maximum Gasteiger partial charge on any atom is 0.347 e. The van der Waals surface area contributed by atoms with Crippen LogP contribution in [0.15, 0.2) is 49.9 Å². The fraction of sp³-hybridized carbons (Fsp3) is 0.522. The van der Waals surface area contributed by atoms with Gasteiger partial charge in [0.25, 0.3) is 0 Å². The van der Waals surface area contributed by atoms with Gasteiger partial charge in [0.2, 0.25) is 10.0 Å². The van der Waals surface area contributed by atoms with E-state index in [9.17, 15) is 22.8 Å². The molecule has 3 aliphatic heterocycles. The molecule has 0 unspecified atom stereocenters. The lowest BCUT2D eigenvalue weighted by atomic mass is 9.54. The number of hydrogen-bond acceptors (Lipinski definition) is 6. The largest absolute Gasteiger partial charge is 0.469 e. The molecule has 34 heavy (non-hydrogen) atoms. The average molecular weight is 489 g/mol. The van der Waals surface area contributed by atoms with Crippen LogP contribution in [0.4, 0.5) is 0 Å². The van der Waals surface area contributed by atoms with Crippen molar-refractivity contribution in [3.05, 3.63) is 61.9 Å². The van der Waals surface area contributed by atoms with Crippen LogP contribution in [-0.2, 0) is 37.7 Å². The van der Waals surface area contributed by atoms with Crippen LogP contribution in [0.25, 0.3) is 0 Å². The van der Waals surface area contributed by atoms with Gasteiger partial charge in [-0.25, -0.2) is 31.9 Å². The number of carbonyl (C=O) groups is 1. The minimum absolute atomic E-state index is 0.0136. The van der Waals surface area contributed by atoms with Crippen molar-refractivity contribution in [1.29, 1.82) is 0 Å². The van der Waals surface area contributed by atoms with E-state index in [1.807, 2.05) is 6.92 Å². The number of nitrogens with zero attached hydrogens (tertiary/aromatic N) is 4. The Morgan fingerprint density at radius 2 is 1.53 bits per heavy atom. The number of benzene rings is 1. The summed E-state index contributed by atoms with van der Waals surface area (Å²) < 4.78 is 37.4. The summed E-state index contributed by atoms with van der Waals surface area (Å²) in [5.41, 5.74) is -2.27. The molecule has 11 heteroatoms. The highest BCUT2D eigenvalue weighted by atomic mass is 32.2. The van der Waals surface area contributed by atoms with Crippen molar-refractivity contribution in [1.82, 2.24) is 18.2 Å². The van der Waals surface area contributed by atoms with Crippen molar-refractivity contribution >= 4 is 16.0 Å². The Balaban J connectivity index is 1.74. The predicted molar refractivity (Wildman–Crippen MR) is 123 cm³/mol. The number of esters is 1. The molecule has 3 atom stereocenters. The van der Waals surface area contributed by atoms with Crippen LogP contribution >= 0.6 is 0 Å². The summed E-state index contributed by atoms with van der Waals surface area (Å²) in [6.07, 6.45) is 0.198. The van der Waals surface area contributed by atoms with Gasteiger partial charge in [-0.3, -0.25) is 4.79 Å². The zero-order valence-corrected chi connectivity index (χ0v) is 20.9. The molecule has 0 radical (unpaired) electrons. The van der Waals surface area contributed by atoms with Crippen LogP contribution in [0.3, 0.4) is 0 Å². The number of aromatic nitrogens is 3. The van der Waals surface area contributed by atoms with Crippen molar-refractivity contribution < 1.29 is 17.9 Å². The van der Waals surface area contributed by atoms with E-state index < -0.39 is 43.9 Å². The molecule has 1 aromatic carbocycles. The molecular formula is C23H28N4O6S. The van der Waals surface area contributed by atoms with Crippen molar-refractivity contribution in [2.75, 3.05) is 20.2 Å². The van der Waals surface area contributed by atoms with Crippen molar-refractivity contribution in [3.8, 4) is 0 Å². The highest BCUT2D eigenvalue weighted by molar-refractivity contribution is 7.89. The third kappa shape index (κ3) is 2.38. The van der Waals surface area contributed by atoms with Crippen LogP contribution in [0.2, 0.25) is 0 Å². The number of hydrogen-bond donors (Lipinski definition) is 0. The third-order valence-corrected chi connectivity index (χ3v) is 10.2. The van der Waals surface area contributed by atoms with Gasteiger partial charge in [0.15, 0.2) is 0 Å². The number of carbonyl (C=O) groups excluding carboxylic acids is 1. The van der Waals surface area contributed by atoms with Gasteiger partial charge in [0.1, 0.15) is 5.54 Å². The van der Waals surface area contributed by atoms with E-state index in [0.717, 1.165) is 15.7 Å². The second-order valence-corrected chi connectivity index (χ2v) is 12.1. The molecule has 0 N–H and O–H groups in total. The Kier molecular flexibility index (Phi) is 4.44. The molecule has 0 saturated carbocycles. The van der Waals surface area contributed by atoms with Crippen molar-refractivity contribution in [3.63, 3.8) is 0 Å². The molecule has 0 fully saturated rings. The minimum atomic E-state index is -3.85. The van der Waals surface area contributed by atoms with Crippen LogP contribution < -0.4 is 11.4 Å². The number of methoxy groups -OCH3 is 1. The number of ether oxygens (including phenoxy) is 1. The Labute approximate surface area is 197 Å². The predicted octanol–water partition coefficient (Wildman–Crippen LogP) is 0.685. The van der Waals surface area contributed by atoms with E-state index in [1.54, 1.807) is 45.0 Å². The Morgan fingerprint density at radius 1 is 0.971 bits per heavy atom. The van der Waals surface area contributed by atoms with Gasteiger partial charge in [-0.15, -0.1) is 0 Å². The van der Waals surface area contributed by atoms with E-state index >= 15 is 0 Å². The van der Waals surface area contributed by atoms with Gasteiger partial charge in [0, 0.05) is 20.1 Å². The van der Waals surface area contributed by atoms with Crippen LogP contribution in [0.5, 0.6) is 0 Å². The lowest BCUT2D eigenvalue weighted by Gasteiger charge is -2.59. The Morgan fingerprint density at radius 3 is 2.12 bits per heavy atom. The number of aryl methyl sites for hydroxylation is 1. The van der Waals surface area contributed by atoms with Gasteiger partial charge >= 0.3 is 17.3 Å². The molecule has 0 amide bonds. The fourth-order valence-electron chi connectivity index (χ4n) is 6.29. The molecule has 4 heterocycles. The molecule has 0 saturated heterocycles. The van der Waals surface area contributed by atoms with Gasteiger partial charge in [-0.2, -0.15) is 4.31 Å². The minimum Gasteiger partial charge on any atom is -0.469 e. The first-order valence-corrected chi connectivity index (χ1v) is 12.5. The van der Waals surface area contributed by atoms with Gasteiger partial charge in [-0.1, -0.05) is 17.7 Å². The summed E-state index contributed by atoms with van der Waals surface area (Å²) in [7, 11) is -1.15. The summed E-state index contributed by atoms with van der Waals surface area (Å²) in [4.78, 5) is 39.8. The summed E-state index contributed by atoms with van der Waals surface area (Å²) in [6, 6.07) is 6.63. The molecule has 182 valence electrons. The summed E-state index contributed by atoms with van der Waals surface area (Å²) >= 11 is 0. The molecule has 2 bridgehead atoms. The molecule has 10 nitrogen and oxygen atoms in total. The number of fused-ring (bicyclic) bond motifs is 1. The van der Waals surface area contributed by atoms with Gasteiger partial charge in [0.05, 0.1) is 23.0 Å². The summed E-state index contributed by atoms with van der Waals surface area (Å²) in [5.74, 6) is -0.512. The second-order valence-electron chi connectivity index (χ2n) is 10.1. The quantitative estimate of drug-likeness (QED) is 0.464. The van der Waals surface area contributed by atoms with E-state index in [4.69, 9.17) is 4.74 Å². The first-order valence-electron chi connectivity index (χ1n) is 11.1. The average Bonchev–Trinajstić information content (AvgIpc) is 3.36. The zero-order chi connectivity index (χ0) is 25.0. The SMILES string of the molecule is COC(=O)[C@@]1(C)C[C@]2(C)C3=C(CN(S(=O)(=O)c4ccc(C)cc4)C3)[C@]1(C)n1c(=O)n(C)c(=O)n12. The van der Waals surface area contributed by atoms with E-state index in [-0.39, 0.29) is 24.4 Å². The second kappa shape index (κ2) is 6.60. The van der Waals surface area contributed by atoms with Gasteiger partial charge in [-0.05, 0) is 57.4 Å². The maximum absolute atomic E-state index is 13.5. The first kappa shape index (κ1) is 22.9. The molecule has 4 aliphatic rings. The smallest absolute Gasteiger partial charge is 0.347 e. The fourth-order valence-corrected chi connectivity index (χ4v) is 7.67. The van der Waals surface area contributed by atoms with Crippen LogP contribution in [0, 0.1) is 12.3 Å². The van der Waals surface area contributed by atoms with E-state index in [1.165, 1.54) is 27.8 Å². The summed E-state index contributed by atoms with van der Waals surface area (Å²) in [6.45, 7) is 7.22. The number of rotatable bonds is 3. The first-order chi connectivity index (χ1) is 15.7. The highest BCUT2D eigenvalue weighted by Gasteiger charge is 2.70. The molecule has 1 aromatic heterocycles. The molecule has 2 aromatic rings. The van der Waals surface area contributed by atoms with Crippen molar-refractivity contribution in [2.45, 2.75) is 50.1 Å². The zero-order valence-electron chi connectivity index (χ0n) is 20.1. The van der Waals surface area contributed by atoms with E-state index in [0.29, 0.717) is 5.57 Å². The van der Waals surface area contributed by atoms with Crippen LogP contribution in [-0.4, -0.2) is 52.8 Å². The van der Waals surface area contributed by atoms with Gasteiger partial charge < -0.3 is 4.74 Å². The lowest BCUT2D eigenvalue weighted by molar-refractivity contribution is -0.167. The Hall–Kier alpha value is -2.92. The van der Waals surface area contributed by atoms with Crippen molar-refractivity contribution in [2.24, 2.45) is 12.5 Å². The molecule has 1 aliphatic carbocycles. The molecular weight excluding hydrogens is 460 g/mol.